The maximum atomic E-state index is 13.5. The van der Waals surface area contributed by atoms with Crippen molar-refractivity contribution in [3.63, 3.8) is 0 Å². The van der Waals surface area contributed by atoms with Crippen molar-refractivity contribution in [2.24, 2.45) is 5.41 Å². The van der Waals surface area contributed by atoms with E-state index in [1.807, 2.05) is 42.5 Å². The van der Waals surface area contributed by atoms with E-state index >= 15 is 0 Å². The minimum Gasteiger partial charge on any atom is -0.466 e. The summed E-state index contributed by atoms with van der Waals surface area (Å²) in [6, 6.07) is 14.1. The number of ether oxygens (including phenoxy) is 8. The van der Waals surface area contributed by atoms with Gasteiger partial charge >= 0.3 is 23.9 Å². The van der Waals surface area contributed by atoms with Gasteiger partial charge in [0.2, 0.25) is 5.79 Å². The lowest BCUT2D eigenvalue weighted by Gasteiger charge is -2.51. The molecule has 1 unspecified atom stereocenters. The van der Waals surface area contributed by atoms with Crippen molar-refractivity contribution < 1.29 is 72.4 Å². The van der Waals surface area contributed by atoms with Gasteiger partial charge in [0.15, 0.2) is 12.4 Å². The fourth-order valence-electron chi connectivity index (χ4n) is 8.23. The molecule has 8 atom stereocenters. The van der Waals surface area contributed by atoms with Crippen LogP contribution in [0.2, 0.25) is 0 Å². The Kier molecular flexibility index (Phi) is 20.2. The first kappa shape index (κ1) is 51.5. The summed E-state index contributed by atoms with van der Waals surface area (Å²) in [4.78, 5) is 52.4. The second-order valence-electron chi connectivity index (χ2n) is 17.6. The van der Waals surface area contributed by atoms with Crippen LogP contribution in [0.1, 0.15) is 110 Å². The number of hydrogen-bond acceptors (Lipinski definition) is 15. The topological polar surface area (TPSA) is 203 Å². The van der Waals surface area contributed by atoms with Crippen molar-refractivity contribution in [3.05, 3.63) is 77.9 Å². The van der Waals surface area contributed by atoms with Gasteiger partial charge in [0.1, 0.15) is 12.7 Å². The van der Waals surface area contributed by atoms with Crippen LogP contribution in [0.5, 0.6) is 0 Å². The van der Waals surface area contributed by atoms with Crippen LogP contribution in [-0.2, 0) is 57.1 Å². The molecule has 0 radical (unpaired) electrons. The molecule has 0 aromatic heterocycles. The molecule has 0 amide bonds. The van der Waals surface area contributed by atoms with Crippen LogP contribution in [0.3, 0.4) is 0 Å². The molecule has 65 heavy (non-hydrogen) atoms. The zero-order chi connectivity index (χ0) is 46.8. The molecule has 358 valence electrons. The fraction of sp³-hybridized carbons (Fsp3) is 0.600. The minimum atomic E-state index is -2.36. The first-order valence-electron chi connectivity index (χ1n) is 23.0. The van der Waals surface area contributed by atoms with Crippen LogP contribution in [0, 0.1) is 5.41 Å². The first-order chi connectivity index (χ1) is 31.2. The van der Waals surface area contributed by atoms with E-state index in [0.717, 1.165) is 48.1 Å². The van der Waals surface area contributed by atoms with Gasteiger partial charge in [-0.3, -0.25) is 14.4 Å². The largest absolute Gasteiger partial charge is 0.466 e. The molecular formula is C50H68O15. The lowest BCUT2D eigenvalue weighted by Crippen LogP contribution is -2.62. The Bertz CT molecular complexity index is 1960. The monoisotopic (exact) mass is 908 g/mol. The summed E-state index contributed by atoms with van der Waals surface area (Å²) in [5, 5.41) is 36.0. The molecule has 2 aromatic carbocycles. The quantitative estimate of drug-likeness (QED) is 0.0603. The van der Waals surface area contributed by atoms with Gasteiger partial charge in [-0.15, -0.1) is 0 Å². The molecule has 3 aliphatic heterocycles. The van der Waals surface area contributed by atoms with Crippen LogP contribution in [-0.4, -0.2) is 121 Å². The van der Waals surface area contributed by atoms with Crippen LogP contribution in [0.4, 0.5) is 0 Å². The lowest BCUT2D eigenvalue weighted by molar-refractivity contribution is -0.327. The molecule has 0 aliphatic carbocycles. The van der Waals surface area contributed by atoms with E-state index in [9.17, 15) is 34.5 Å². The normalized spacial score (nSPS) is 29.1. The number of fused-ring (bicyclic) bond motifs is 5. The van der Waals surface area contributed by atoms with E-state index in [4.69, 9.17) is 37.9 Å². The van der Waals surface area contributed by atoms with E-state index < -0.39 is 84.6 Å². The summed E-state index contributed by atoms with van der Waals surface area (Å²) in [5.74, 6) is -4.96. The van der Waals surface area contributed by atoms with Crippen molar-refractivity contribution in [2.45, 2.75) is 153 Å². The molecule has 3 aliphatic rings. The number of aliphatic hydroxyl groups excluding tert-OH is 2. The van der Waals surface area contributed by atoms with Crippen molar-refractivity contribution in [1.29, 1.82) is 0 Å². The Morgan fingerprint density at radius 1 is 0.908 bits per heavy atom. The average Bonchev–Trinajstić information content (AvgIpc) is 3.27. The summed E-state index contributed by atoms with van der Waals surface area (Å²) in [5.41, 5.74) is -0.271. The molecule has 15 nitrogen and oxygen atoms in total. The van der Waals surface area contributed by atoms with Gasteiger partial charge in [0.05, 0.1) is 51.0 Å². The van der Waals surface area contributed by atoms with Crippen LogP contribution in [0.15, 0.2) is 72.3 Å². The molecule has 0 spiro atoms. The summed E-state index contributed by atoms with van der Waals surface area (Å²) in [7, 11) is 1.20. The predicted molar refractivity (Wildman–Crippen MR) is 240 cm³/mol. The zero-order valence-corrected chi connectivity index (χ0v) is 38.2. The highest BCUT2D eigenvalue weighted by molar-refractivity contribution is 5.85. The van der Waals surface area contributed by atoms with Gasteiger partial charge in [0, 0.05) is 44.0 Å². The number of carbonyl (C=O) groups excluding carboxylic acids is 4. The highest BCUT2D eigenvalue weighted by Crippen LogP contribution is 2.47. The molecule has 5 rings (SSSR count). The molecule has 2 fully saturated rings. The SMILES string of the molecule is CCCCCCCC(=O)O[C@H]1/C(=C/C(=O)OC)CC2C[C@H](CO)OC(=O)C[C@H](O)CCOCC[C@@H]3C[C@H](CC(=O)OC/C=C/c4ccc5ccccc5c4)O[C@H](/C=C/C(C)(C)[C@]1(O)O2)O3. The van der Waals surface area contributed by atoms with Gasteiger partial charge in [-0.05, 0) is 65.8 Å². The number of rotatable bonds is 14. The van der Waals surface area contributed by atoms with Gasteiger partial charge in [0.25, 0.3) is 0 Å². The highest BCUT2D eigenvalue weighted by Gasteiger charge is 2.57. The fourth-order valence-corrected chi connectivity index (χ4v) is 8.23. The second kappa shape index (κ2) is 25.4. The number of esters is 4. The number of hydrogen-bond donors (Lipinski definition) is 3. The third kappa shape index (κ3) is 15.8. The number of unbranched alkanes of at least 4 members (excludes halogenated alkanes) is 4. The maximum Gasteiger partial charge on any atom is 0.330 e. The van der Waals surface area contributed by atoms with Crippen molar-refractivity contribution in [1.82, 2.24) is 0 Å². The van der Waals surface area contributed by atoms with E-state index in [-0.39, 0.29) is 63.9 Å². The van der Waals surface area contributed by atoms with E-state index in [1.165, 1.54) is 7.11 Å². The second-order valence-corrected chi connectivity index (χ2v) is 17.6. The summed E-state index contributed by atoms with van der Waals surface area (Å²) in [6.07, 6.45) is 5.96. The van der Waals surface area contributed by atoms with Crippen LogP contribution < -0.4 is 0 Å². The number of carbonyl (C=O) groups is 4. The first-order valence-corrected chi connectivity index (χ1v) is 23.0. The Balaban J connectivity index is 1.39. The zero-order valence-electron chi connectivity index (χ0n) is 38.2. The Morgan fingerprint density at radius 2 is 1.66 bits per heavy atom. The van der Waals surface area contributed by atoms with E-state index in [2.05, 4.69) is 13.0 Å². The molecule has 2 saturated heterocycles. The Hall–Kier alpha value is -4.48. The predicted octanol–water partition coefficient (Wildman–Crippen LogP) is 6.57. The summed E-state index contributed by atoms with van der Waals surface area (Å²) >= 11 is 0. The average molecular weight is 909 g/mol. The number of methoxy groups -OCH3 is 1. The highest BCUT2D eigenvalue weighted by atomic mass is 16.7. The molecule has 4 bridgehead atoms. The van der Waals surface area contributed by atoms with Crippen molar-refractivity contribution in [2.75, 3.05) is 33.5 Å². The Labute approximate surface area is 382 Å². The van der Waals surface area contributed by atoms with Crippen molar-refractivity contribution in [3.8, 4) is 0 Å². The molecular weight excluding hydrogens is 841 g/mol. The third-order valence-electron chi connectivity index (χ3n) is 11.9. The van der Waals surface area contributed by atoms with Gasteiger partial charge in [-0.2, -0.15) is 0 Å². The summed E-state index contributed by atoms with van der Waals surface area (Å²) in [6.45, 7) is 5.24. The van der Waals surface area contributed by atoms with Crippen molar-refractivity contribution >= 4 is 40.7 Å². The third-order valence-corrected chi connectivity index (χ3v) is 11.9. The van der Waals surface area contributed by atoms with Gasteiger partial charge in [-0.1, -0.05) is 95.0 Å². The van der Waals surface area contributed by atoms with Crippen LogP contribution >= 0.6 is 0 Å². The van der Waals surface area contributed by atoms with E-state index in [1.54, 1.807) is 32.1 Å². The molecule has 15 heteroatoms. The molecule has 3 N–H and O–H groups in total. The molecule has 0 saturated carbocycles. The van der Waals surface area contributed by atoms with E-state index in [0.29, 0.717) is 19.3 Å². The van der Waals surface area contributed by atoms with Crippen LogP contribution in [0.25, 0.3) is 16.8 Å². The van der Waals surface area contributed by atoms with Gasteiger partial charge in [-0.25, -0.2) is 4.79 Å². The number of aliphatic hydroxyl groups is 3. The number of cyclic esters (lactones) is 1. The minimum absolute atomic E-state index is 0.0584. The lowest BCUT2D eigenvalue weighted by atomic mass is 9.74. The summed E-state index contributed by atoms with van der Waals surface area (Å²) < 4.78 is 47.0. The smallest absolute Gasteiger partial charge is 0.330 e. The maximum absolute atomic E-state index is 13.5. The molecule has 3 heterocycles. The molecule has 2 aromatic rings. The van der Waals surface area contributed by atoms with Gasteiger partial charge < -0.3 is 53.2 Å². The number of benzene rings is 2. The Morgan fingerprint density at radius 3 is 2.43 bits per heavy atom. The standard InChI is InChI=1S/C50H68O15/c1-5-6-7-8-9-16-43(53)64-48-37(28-44(54)58-4)27-41-31-42(33-51)61-46(56)29-38(52)20-24-59-25-21-39-30-40(63-47(62-39)19-22-49(2,3)50(48,57)65-41)32-45(55)60-23-12-13-34-17-18-35-14-10-11-15-36(35)26-34/h10-15,17-19,22,26,28,38-42,47-48,51-52,57H,5-9,16,20-21,23-25,27,29-33H2,1-4H3/b13-12+,22-19+,37-28+/t38-,39-,40-,41?,42-,47-,48+,50-/m1/s1.